The van der Waals surface area contributed by atoms with Gasteiger partial charge >= 0.3 is 0 Å². The number of carbonyl (C=O) groups excluding carboxylic acids is 4. The van der Waals surface area contributed by atoms with Crippen molar-refractivity contribution in [2.24, 2.45) is 5.92 Å². The van der Waals surface area contributed by atoms with Crippen molar-refractivity contribution < 1.29 is 24.5 Å². The summed E-state index contributed by atoms with van der Waals surface area (Å²) in [5, 5.41) is 7.83. The molecule has 10 nitrogen and oxygen atoms in total. The lowest BCUT2D eigenvalue weighted by atomic mass is 9.95. The highest BCUT2D eigenvalue weighted by atomic mass is 16.2. The van der Waals surface area contributed by atoms with Crippen LogP contribution < -0.4 is 20.9 Å². The highest BCUT2D eigenvalue weighted by Gasteiger charge is 2.41. The van der Waals surface area contributed by atoms with Crippen LogP contribution in [0.25, 0.3) is 0 Å². The Labute approximate surface area is 206 Å². The highest BCUT2D eigenvalue weighted by molar-refractivity contribution is 5.97. The van der Waals surface area contributed by atoms with Crippen LogP contribution in [0, 0.1) is 5.92 Å². The van der Waals surface area contributed by atoms with Crippen molar-refractivity contribution in [1.82, 2.24) is 20.4 Å². The van der Waals surface area contributed by atoms with Gasteiger partial charge < -0.3 is 30.7 Å². The molecule has 4 N–H and O–H groups in total. The minimum atomic E-state index is -0.818. The molecule has 0 saturated carbocycles. The molecule has 190 valence electrons. The minimum Gasteiger partial charge on any atom is -0.378 e. The van der Waals surface area contributed by atoms with Crippen molar-refractivity contribution in [3.63, 3.8) is 0 Å². The van der Waals surface area contributed by atoms with Crippen LogP contribution in [0.5, 0.6) is 0 Å². The number of nitrogens with two attached hydrogens (primary N) is 1. The number of anilines is 1. The molecule has 3 aliphatic rings. The van der Waals surface area contributed by atoms with Crippen molar-refractivity contribution in [2.75, 3.05) is 58.3 Å². The third-order valence-corrected chi connectivity index (χ3v) is 7.27. The zero-order valence-corrected chi connectivity index (χ0v) is 20.7. The van der Waals surface area contributed by atoms with E-state index in [1.807, 2.05) is 31.1 Å². The van der Waals surface area contributed by atoms with E-state index in [9.17, 15) is 19.2 Å². The number of carbonyl (C=O) groups is 4. The number of piperidine rings is 2. The first-order chi connectivity index (χ1) is 16.8. The number of benzene rings is 1. The first-order valence-corrected chi connectivity index (χ1v) is 12.6. The van der Waals surface area contributed by atoms with E-state index in [-0.39, 0.29) is 36.1 Å². The zero-order valence-electron chi connectivity index (χ0n) is 20.7. The van der Waals surface area contributed by atoms with Gasteiger partial charge in [-0.1, -0.05) is 0 Å². The van der Waals surface area contributed by atoms with Crippen molar-refractivity contribution >= 4 is 29.3 Å². The van der Waals surface area contributed by atoms with Crippen molar-refractivity contribution in [1.29, 1.82) is 0 Å². The average Bonchev–Trinajstić information content (AvgIpc) is 2.89. The van der Waals surface area contributed by atoms with E-state index in [0.717, 1.165) is 38.0 Å². The van der Waals surface area contributed by atoms with Crippen LogP contribution in [-0.4, -0.2) is 98.9 Å². The Morgan fingerprint density at radius 3 is 2.43 bits per heavy atom. The number of quaternary nitrogens is 1. The van der Waals surface area contributed by atoms with Gasteiger partial charge in [0.05, 0.1) is 19.6 Å². The molecule has 3 saturated heterocycles. The predicted molar refractivity (Wildman–Crippen MR) is 131 cm³/mol. The van der Waals surface area contributed by atoms with Gasteiger partial charge in [-0.25, -0.2) is 0 Å². The molecule has 35 heavy (non-hydrogen) atoms. The van der Waals surface area contributed by atoms with Gasteiger partial charge in [-0.3, -0.25) is 19.2 Å². The Balaban J connectivity index is 1.51. The Kier molecular flexibility index (Phi) is 7.90. The van der Waals surface area contributed by atoms with Crippen molar-refractivity contribution in [3.8, 4) is 0 Å². The quantitative estimate of drug-likeness (QED) is 0.483. The summed E-state index contributed by atoms with van der Waals surface area (Å²) >= 11 is 0. The van der Waals surface area contributed by atoms with Gasteiger partial charge in [0.1, 0.15) is 12.1 Å². The van der Waals surface area contributed by atoms with Crippen molar-refractivity contribution in [2.45, 2.75) is 37.8 Å². The zero-order chi connectivity index (χ0) is 24.9. The van der Waals surface area contributed by atoms with Crippen LogP contribution >= 0.6 is 0 Å². The summed E-state index contributed by atoms with van der Waals surface area (Å²) in [6, 6.07) is 5.92. The van der Waals surface area contributed by atoms with Crippen LogP contribution in [0.3, 0.4) is 0 Å². The van der Waals surface area contributed by atoms with E-state index in [1.54, 1.807) is 21.9 Å². The smallest absolute Gasteiger partial charge is 0.254 e. The second kappa shape index (κ2) is 11.1. The summed E-state index contributed by atoms with van der Waals surface area (Å²) in [5.41, 5.74) is 1.54. The summed E-state index contributed by atoms with van der Waals surface area (Å²) in [6.07, 6.45) is 2.93. The molecule has 0 aliphatic carbocycles. The molecule has 3 fully saturated rings. The van der Waals surface area contributed by atoms with E-state index in [4.69, 9.17) is 0 Å². The molecule has 0 bridgehead atoms. The summed E-state index contributed by atoms with van der Waals surface area (Å²) in [7, 11) is 3.88. The van der Waals surface area contributed by atoms with Gasteiger partial charge in [0, 0.05) is 63.7 Å². The lowest BCUT2D eigenvalue weighted by molar-refractivity contribution is -0.664. The second-order valence-corrected chi connectivity index (χ2v) is 9.87. The average molecular weight is 486 g/mol. The molecule has 10 heteroatoms. The summed E-state index contributed by atoms with van der Waals surface area (Å²) in [6.45, 7) is 3.18. The van der Waals surface area contributed by atoms with Gasteiger partial charge in [0.2, 0.25) is 17.7 Å². The summed E-state index contributed by atoms with van der Waals surface area (Å²) < 4.78 is 0. The monoisotopic (exact) mass is 485 g/mol. The largest absolute Gasteiger partial charge is 0.378 e. The maximum Gasteiger partial charge on any atom is 0.254 e. The van der Waals surface area contributed by atoms with Gasteiger partial charge in [-0.15, -0.1) is 0 Å². The number of nitrogens with one attached hydrogen (secondary N) is 2. The maximum absolute atomic E-state index is 13.4. The van der Waals surface area contributed by atoms with E-state index in [0.29, 0.717) is 31.6 Å². The summed E-state index contributed by atoms with van der Waals surface area (Å²) in [5.74, 6) is -0.857. The lowest BCUT2D eigenvalue weighted by Gasteiger charge is -2.42. The Morgan fingerprint density at radius 1 is 1.06 bits per heavy atom. The third-order valence-electron chi connectivity index (χ3n) is 7.27. The molecule has 0 unspecified atom stereocenters. The van der Waals surface area contributed by atoms with Crippen molar-refractivity contribution in [3.05, 3.63) is 29.8 Å². The Hall–Kier alpha value is -3.14. The molecule has 2 atom stereocenters. The molecule has 0 spiro atoms. The topological polar surface area (TPSA) is 119 Å². The third kappa shape index (κ3) is 5.75. The molecule has 3 heterocycles. The highest BCUT2D eigenvalue weighted by Crippen LogP contribution is 2.21. The molecule has 3 aliphatic heterocycles. The van der Waals surface area contributed by atoms with Crippen LogP contribution in [0.1, 0.15) is 36.0 Å². The first-order valence-electron chi connectivity index (χ1n) is 12.6. The maximum atomic E-state index is 13.4. The van der Waals surface area contributed by atoms with E-state index < -0.39 is 12.1 Å². The standard InChI is InChI=1S/C25H36N6O4/c1-29(2)19-7-5-17(6-8-19)24(34)30-14-15-31(25(35)18-9-12-26-13-10-18)21(16-30)23(33)28-20-4-3-11-27-22(20)32/h5-8,18,20-21,26H,3-4,9-16H2,1-2H3,(H,27,32)(H,28,33)/p+1/t20-,21+/m0/s1. The number of hydrogen-bond donors (Lipinski definition) is 3. The number of amides is 4. The molecule has 1 aromatic rings. The van der Waals surface area contributed by atoms with Gasteiger partial charge in [-0.2, -0.15) is 0 Å². The lowest BCUT2D eigenvalue weighted by Crippen LogP contribution is -2.86. The number of rotatable bonds is 5. The van der Waals surface area contributed by atoms with Gasteiger partial charge in [0.25, 0.3) is 5.91 Å². The van der Waals surface area contributed by atoms with E-state index in [2.05, 4.69) is 16.0 Å². The second-order valence-electron chi connectivity index (χ2n) is 9.87. The van der Waals surface area contributed by atoms with E-state index in [1.165, 1.54) is 0 Å². The van der Waals surface area contributed by atoms with Crippen LogP contribution in [-0.2, 0) is 14.4 Å². The molecule has 0 radical (unpaired) electrons. The fraction of sp³-hybridized carbons (Fsp3) is 0.600. The molecule has 0 aromatic heterocycles. The first kappa shape index (κ1) is 25.0. The summed E-state index contributed by atoms with van der Waals surface area (Å²) in [4.78, 5) is 57.6. The van der Waals surface area contributed by atoms with Crippen LogP contribution in [0.2, 0.25) is 0 Å². The van der Waals surface area contributed by atoms with Crippen LogP contribution in [0.4, 0.5) is 5.69 Å². The number of hydrogen-bond acceptors (Lipinski definition) is 5. The fourth-order valence-corrected chi connectivity index (χ4v) is 5.13. The molecule has 1 aromatic carbocycles. The van der Waals surface area contributed by atoms with E-state index >= 15 is 0 Å². The SMILES string of the molecule is CN(C)c1ccc(C(=O)N2CCN(C(=O)C3CC[NH2+]CC3)[C@@H](C(=O)N[C@H]3CCCNC3=O)C2)cc1. The Bertz CT molecular complexity index is 944. The molecule has 4 amide bonds. The van der Waals surface area contributed by atoms with Gasteiger partial charge in [0.15, 0.2) is 0 Å². The van der Waals surface area contributed by atoms with Crippen LogP contribution in [0.15, 0.2) is 24.3 Å². The Morgan fingerprint density at radius 2 is 1.77 bits per heavy atom. The van der Waals surface area contributed by atoms with Gasteiger partial charge in [-0.05, 0) is 37.1 Å². The number of piperazine rings is 1. The predicted octanol–water partition coefficient (Wildman–Crippen LogP) is -1.23. The fourth-order valence-electron chi connectivity index (χ4n) is 5.13. The molecule has 4 rings (SSSR count). The normalized spacial score (nSPS) is 23.4. The number of nitrogens with zero attached hydrogens (tertiary/aromatic N) is 3. The minimum absolute atomic E-state index is 0.0196. The molecular formula is C25H37N6O4+. The molecular weight excluding hydrogens is 448 g/mol.